The van der Waals surface area contributed by atoms with E-state index in [9.17, 15) is 4.79 Å². The summed E-state index contributed by atoms with van der Waals surface area (Å²) < 4.78 is 20.6. The molecule has 0 radical (unpaired) electrons. The lowest BCUT2D eigenvalue weighted by molar-refractivity contribution is 0.0904. The van der Waals surface area contributed by atoms with E-state index in [0.717, 1.165) is 0 Å². The Bertz CT molecular complexity index is 436. The third-order valence-electron chi connectivity index (χ3n) is 2.72. The first-order chi connectivity index (χ1) is 9.57. The number of benzene rings is 1. The Morgan fingerprint density at radius 2 is 1.65 bits per heavy atom. The van der Waals surface area contributed by atoms with E-state index in [-0.39, 0.29) is 11.9 Å². The van der Waals surface area contributed by atoms with Crippen LogP contribution in [0.25, 0.3) is 0 Å². The van der Waals surface area contributed by atoms with E-state index < -0.39 is 0 Å². The molecule has 1 rings (SSSR count). The van der Waals surface area contributed by atoms with Crippen LogP contribution in [-0.2, 0) is 4.74 Å². The highest BCUT2D eigenvalue weighted by molar-refractivity contribution is 5.95. The Hall–Kier alpha value is -1.95. The second-order valence-electron chi connectivity index (χ2n) is 4.24. The molecule has 6 heteroatoms. The van der Waals surface area contributed by atoms with Gasteiger partial charge in [-0.05, 0) is 19.1 Å². The molecule has 20 heavy (non-hydrogen) atoms. The van der Waals surface area contributed by atoms with Gasteiger partial charge in [0.1, 0.15) is 0 Å². The van der Waals surface area contributed by atoms with E-state index in [4.69, 9.17) is 18.9 Å². The maximum Gasteiger partial charge on any atom is 0.251 e. The largest absolute Gasteiger partial charge is 0.493 e. The van der Waals surface area contributed by atoms with Crippen molar-refractivity contribution >= 4 is 5.91 Å². The standard InChI is InChI=1S/C14H21NO5/c1-9(8-17-2)15-14(16)10-6-11(18-3)13(20-5)12(7-10)19-4/h6-7,9H,8H2,1-5H3,(H,15,16)/t9-/m0/s1. The molecule has 1 amide bonds. The Kier molecular flexibility index (Phi) is 6.11. The molecule has 0 saturated heterocycles. The van der Waals surface area contributed by atoms with Crippen molar-refractivity contribution in [3.63, 3.8) is 0 Å². The van der Waals surface area contributed by atoms with Crippen LogP contribution < -0.4 is 19.5 Å². The smallest absolute Gasteiger partial charge is 0.251 e. The SMILES string of the molecule is COC[C@H](C)NC(=O)c1cc(OC)c(OC)c(OC)c1. The molecule has 1 atom stereocenters. The van der Waals surface area contributed by atoms with Crippen molar-refractivity contribution in [1.29, 1.82) is 0 Å². The average Bonchev–Trinajstić information content (AvgIpc) is 2.45. The van der Waals surface area contributed by atoms with Crippen molar-refractivity contribution in [2.75, 3.05) is 35.0 Å². The van der Waals surface area contributed by atoms with Crippen LogP contribution in [-0.4, -0.2) is 47.0 Å². The van der Waals surface area contributed by atoms with Crippen LogP contribution in [0.3, 0.4) is 0 Å². The van der Waals surface area contributed by atoms with Gasteiger partial charge in [-0.15, -0.1) is 0 Å². The Balaban J connectivity index is 3.03. The van der Waals surface area contributed by atoms with Crippen LogP contribution in [0.1, 0.15) is 17.3 Å². The van der Waals surface area contributed by atoms with Crippen LogP contribution in [0.5, 0.6) is 17.2 Å². The predicted octanol–water partition coefficient (Wildman–Crippen LogP) is 1.48. The van der Waals surface area contributed by atoms with Crippen LogP contribution in [0.4, 0.5) is 0 Å². The highest BCUT2D eigenvalue weighted by Gasteiger charge is 2.17. The van der Waals surface area contributed by atoms with Crippen LogP contribution in [0.2, 0.25) is 0 Å². The minimum Gasteiger partial charge on any atom is -0.493 e. The van der Waals surface area contributed by atoms with Gasteiger partial charge in [0.05, 0.1) is 27.9 Å². The number of ether oxygens (including phenoxy) is 4. The monoisotopic (exact) mass is 283 g/mol. The van der Waals surface area contributed by atoms with E-state index in [1.54, 1.807) is 19.2 Å². The van der Waals surface area contributed by atoms with Crippen molar-refractivity contribution in [1.82, 2.24) is 5.32 Å². The number of nitrogens with one attached hydrogen (secondary N) is 1. The molecule has 6 nitrogen and oxygen atoms in total. The number of amides is 1. The number of carbonyl (C=O) groups is 1. The fourth-order valence-electron chi connectivity index (χ4n) is 1.81. The summed E-state index contributed by atoms with van der Waals surface area (Å²) in [7, 11) is 6.11. The summed E-state index contributed by atoms with van der Waals surface area (Å²) in [6, 6.07) is 3.12. The lowest BCUT2D eigenvalue weighted by Crippen LogP contribution is -2.35. The normalized spacial score (nSPS) is 11.7. The molecule has 0 unspecified atom stereocenters. The Morgan fingerprint density at radius 1 is 1.10 bits per heavy atom. The summed E-state index contributed by atoms with van der Waals surface area (Å²) in [5.74, 6) is 1.11. The van der Waals surface area contributed by atoms with Gasteiger partial charge in [-0.1, -0.05) is 0 Å². The summed E-state index contributed by atoms with van der Waals surface area (Å²) in [5.41, 5.74) is 0.433. The fourth-order valence-corrected chi connectivity index (χ4v) is 1.81. The van der Waals surface area contributed by atoms with Crippen molar-refractivity contribution in [2.45, 2.75) is 13.0 Å². The van der Waals surface area contributed by atoms with Crippen LogP contribution >= 0.6 is 0 Å². The lowest BCUT2D eigenvalue weighted by Gasteiger charge is -2.16. The van der Waals surface area contributed by atoms with Gasteiger partial charge < -0.3 is 24.3 Å². The fraction of sp³-hybridized carbons (Fsp3) is 0.500. The van der Waals surface area contributed by atoms with Gasteiger partial charge in [-0.2, -0.15) is 0 Å². The number of methoxy groups -OCH3 is 4. The van der Waals surface area contributed by atoms with Crippen molar-refractivity contribution < 1.29 is 23.7 Å². The molecule has 0 aromatic heterocycles. The molecule has 112 valence electrons. The van der Waals surface area contributed by atoms with E-state index in [1.165, 1.54) is 21.3 Å². The summed E-state index contributed by atoms with van der Waals surface area (Å²) >= 11 is 0. The summed E-state index contributed by atoms with van der Waals surface area (Å²) in [6.07, 6.45) is 0. The summed E-state index contributed by atoms with van der Waals surface area (Å²) in [6.45, 7) is 2.30. The molecule has 0 aliphatic heterocycles. The Morgan fingerprint density at radius 3 is 2.05 bits per heavy atom. The van der Waals surface area contributed by atoms with Gasteiger partial charge in [0, 0.05) is 18.7 Å². The topological polar surface area (TPSA) is 66.0 Å². The molecule has 0 aliphatic rings. The van der Waals surface area contributed by atoms with Gasteiger partial charge in [0.25, 0.3) is 5.91 Å². The van der Waals surface area contributed by atoms with E-state index >= 15 is 0 Å². The third kappa shape index (κ3) is 3.77. The minimum atomic E-state index is -0.228. The van der Waals surface area contributed by atoms with Crippen molar-refractivity contribution in [2.24, 2.45) is 0 Å². The van der Waals surface area contributed by atoms with Crippen molar-refractivity contribution in [3.05, 3.63) is 17.7 Å². The first-order valence-corrected chi connectivity index (χ1v) is 6.17. The molecule has 0 heterocycles. The molecule has 1 aromatic rings. The number of hydrogen-bond acceptors (Lipinski definition) is 5. The summed E-state index contributed by atoms with van der Waals surface area (Å²) in [4.78, 5) is 12.1. The molecule has 0 aliphatic carbocycles. The quantitative estimate of drug-likeness (QED) is 0.821. The van der Waals surface area contributed by atoms with Crippen LogP contribution in [0.15, 0.2) is 12.1 Å². The Labute approximate surface area is 119 Å². The molecular weight excluding hydrogens is 262 g/mol. The molecule has 0 bridgehead atoms. The molecule has 0 saturated carbocycles. The molecule has 1 aromatic carbocycles. The average molecular weight is 283 g/mol. The van der Waals surface area contributed by atoms with E-state index in [0.29, 0.717) is 29.4 Å². The molecule has 1 N–H and O–H groups in total. The summed E-state index contributed by atoms with van der Waals surface area (Å²) in [5, 5.41) is 2.82. The van der Waals surface area contributed by atoms with Gasteiger partial charge >= 0.3 is 0 Å². The highest BCUT2D eigenvalue weighted by atomic mass is 16.5. The molecular formula is C14H21NO5. The van der Waals surface area contributed by atoms with Gasteiger partial charge in [-0.25, -0.2) is 0 Å². The first kappa shape index (κ1) is 16.1. The van der Waals surface area contributed by atoms with E-state index in [1.807, 2.05) is 6.92 Å². The zero-order valence-corrected chi connectivity index (χ0v) is 12.5. The predicted molar refractivity (Wildman–Crippen MR) is 74.9 cm³/mol. The number of carbonyl (C=O) groups excluding carboxylic acids is 1. The molecule has 0 fully saturated rings. The van der Waals surface area contributed by atoms with Gasteiger partial charge in [0.15, 0.2) is 11.5 Å². The third-order valence-corrected chi connectivity index (χ3v) is 2.72. The number of rotatable bonds is 7. The zero-order chi connectivity index (χ0) is 15.1. The van der Waals surface area contributed by atoms with Crippen molar-refractivity contribution in [3.8, 4) is 17.2 Å². The maximum atomic E-state index is 12.1. The van der Waals surface area contributed by atoms with Crippen LogP contribution in [0, 0.1) is 0 Å². The van der Waals surface area contributed by atoms with E-state index in [2.05, 4.69) is 5.32 Å². The second kappa shape index (κ2) is 7.59. The van der Waals surface area contributed by atoms with Gasteiger partial charge in [0.2, 0.25) is 5.75 Å². The minimum absolute atomic E-state index is 0.0911. The zero-order valence-electron chi connectivity index (χ0n) is 12.5. The highest BCUT2D eigenvalue weighted by Crippen LogP contribution is 2.38. The first-order valence-electron chi connectivity index (χ1n) is 6.17. The molecule has 0 spiro atoms. The maximum absolute atomic E-state index is 12.1. The van der Waals surface area contributed by atoms with Gasteiger partial charge in [-0.3, -0.25) is 4.79 Å². The number of hydrogen-bond donors (Lipinski definition) is 1. The second-order valence-corrected chi connectivity index (χ2v) is 4.24. The lowest BCUT2D eigenvalue weighted by atomic mass is 10.1.